The normalized spacial score (nSPS) is 10.6. The van der Waals surface area contributed by atoms with Crippen LogP contribution in [0.5, 0.6) is 0 Å². The SMILES string of the molecule is CCCn1nc(C)c([N+](=O)[O-])c1NCc1ccsc1. The summed E-state index contributed by atoms with van der Waals surface area (Å²) in [6.45, 7) is 4.92. The summed E-state index contributed by atoms with van der Waals surface area (Å²) in [5.74, 6) is 0.496. The van der Waals surface area contributed by atoms with Crippen LogP contribution in [-0.2, 0) is 13.1 Å². The summed E-state index contributed by atoms with van der Waals surface area (Å²) in [4.78, 5) is 10.8. The van der Waals surface area contributed by atoms with Gasteiger partial charge < -0.3 is 5.32 Å². The standard InChI is InChI=1S/C12H16N4O2S/c1-3-5-15-12(11(16(17)18)9(2)14-15)13-7-10-4-6-19-8-10/h4,6,8,13H,3,5,7H2,1-2H3. The maximum absolute atomic E-state index is 11.1. The Hall–Kier alpha value is -1.89. The second kappa shape index (κ2) is 5.83. The maximum Gasteiger partial charge on any atom is 0.333 e. The second-order valence-electron chi connectivity index (χ2n) is 4.25. The highest BCUT2D eigenvalue weighted by atomic mass is 32.1. The Labute approximate surface area is 115 Å². The van der Waals surface area contributed by atoms with Crippen LogP contribution >= 0.6 is 11.3 Å². The third-order valence-corrected chi connectivity index (χ3v) is 3.49. The van der Waals surface area contributed by atoms with Crippen LogP contribution in [0.2, 0.25) is 0 Å². The van der Waals surface area contributed by atoms with Gasteiger partial charge in [-0.2, -0.15) is 16.4 Å². The molecule has 0 bridgehead atoms. The van der Waals surface area contributed by atoms with Gasteiger partial charge in [0.15, 0.2) is 0 Å². The van der Waals surface area contributed by atoms with Gasteiger partial charge in [-0.05, 0) is 35.7 Å². The van der Waals surface area contributed by atoms with E-state index in [4.69, 9.17) is 0 Å². The molecule has 0 unspecified atom stereocenters. The van der Waals surface area contributed by atoms with Crippen LogP contribution in [0.4, 0.5) is 11.5 Å². The van der Waals surface area contributed by atoms with Gasteiger partial charge in [0.1, 0.15) is 5.69 Å². The fraction of sp³-hybridized carbons (Fsp3) is 0.417. The number of nitrogens with zero attached hydrogens (tertiary/aromatic N) is 3. The molecule has 1 N–H and O–H groups in total. The van der Waals surface area contributed by atoms with E-state index in [1.54, 1.807) is 22.9 Å². The van der Waals surface area contributed by atoms with E-state index in [1.807, 2.05) is 23.8 Å². The van der Waals surface area contributed by atoms with Crippen molar-refractivity contribution in [3.8, 4) is 0 Å². The van der Waals surface area contributed by atoms with Gasteiger partial charge in [-0.1, -0.05) is 6.92 Å². The van der Waals surface area contributed by atoms with Gasteiger partial charge in [0.2, 0.25) is 5.82 Å². The van der Waals surface area contributed by atoms with E-state index in [-0.39, 0.29) is 10.6 Å². The van der Waals surface area contributed by atoms with Gasteiger partial charge >= 0.3 is 5.69 Å². The van der Waals surface area contributed by atoms with Crippen LogP contribution < -0.4 is 5.32 Å². The first-order chi connectivity index (χ1) is 9.13. The maximum atomic E-state index is 11.1. The molecular formula is C12H16N4O2S. The van der Waals surface area contributed by atoms with Gasteiger partial charge in [0, 0.05) is 13.1 Å². The predicted octanol–water partition coefficient (Wildman–Crippen LogP) is 3.18. The molecule has 19 heavy (non-hydrogen) atoms. The van der Waals surface area contributed by atoms with Crippen molar-refractivity contribution in [2.24, 2.45) is 0 Å². The fourth-order valence-corrected chi connectivity index (χ4v) is 2.59. The van der Waals surface area contributed by atoms with E-state index in [1.165, 1.54) is 0 Å². The first-order valence-corrected chi connectivity index (χ1v) is 7.04. The Morgan fingerprint density at radius 2 is 2.37 bits per heavy atom. The Morgan fingerprint density at radius 3 is 2.95 bits per heavy atom. The van der Waals surface area contributed by atoms with Crippen molar-refractivity contribution in [2.75, 3.05) is 5.32 Å². The number of anilines is 1. The summed E-state index contributed by atoms with van der Waals surface area (Å²) in [5.41, 5.74) is 1.64. The minimum absolute atomic E-state index is 0.0729. The molecule has 2 aromatic rings. The molecule has 0 aromatic carbocycles. The molecule has 2 rings (SSSR count). The average molecular weight is 280 g/mol. The van der Waals surface area contributed by atoms with E-state index < -0.39 is 0 Å². The van der Waals surface area contributed by atoms with Crippen molar-refractivity contribution >= 4 is 22.8 Å². The van der Waals surface area contributed by atoms with Crippen molar-refractivity contribution in [1.82, 2.24) is 9.78 Å². The van der Waals surface area contributed by atoms with Crippen molar-refractivity contribution in [1.29, 1.82) is 0 Å². The lowest BCUT2D eigenvalue weighted by Crippen LogP contribution is -2.08. The van der Waals surface area contributed by atoms with Crippen LogP contribution in [-0.4, -0.2) is 14.7 Å². The van der Waals surface area contributed by atoms with Gasteiger partial charge in [-0.3, -0.25) is 10.1 Å². The second-order valence-corrected chi connectivity index (χ2v) is 5.03. The van der Waals surface area contributed by atoms with Gasteiger partial charge in [-0.25, -0.2) is 4.68 Å². The third-order valence-electron chi connectivity index (χ3n) is 2.75. The van der Waals surface area contributed by atoms with E-state index in [0.717, 1.165) is 12.0 Å². The molecule has 0 radical (unpaired) electrons. The Balaban J connectivity index is 2.27. The molecule has 0 saturated carbocycles. The van der Waals surface area contributed by atoms with E-state index in [2.05, 4.69) is 10.4 Å². The zero-order valence-corrected chi connectivity index (χ0v) is 11.7. The van der Waals surface area contributed by atoms with Crippen LogP contribution in [0.1, 0.15) is 24.6 Å². The highest BCUT2D eigenvalue weighted by molar-refractivity contribution is 7.07. The first-order valence-electron chi connectivity index (χ1n) is 6.10. The van der Waals surface area contributed by atoms with Crippen LogP contribution in [0.25, 0.3) is 0 Å². The molecule has 0 amide bonds. The number of hydrogen-bond donors (Lipinski definition) is 1. The lowest BCUT2D eigenvalue weighted by Gasteiger charge is -2.07. The van der Waals surface area contributed by atoms with E-state index in [9.17, 15) is 10.1 Å². The third kappa shape index (κ3) is 2.93. The summed E-state index contributed by atoms with van der Waals surface area (Å²) in [7, 11) is 0. The summed E-state index contributed by atoms with van der Waals surface area (Å²) < 4.78 is 1.68. The molecule has 0 aliphatic rings. The quantitative estimate of drug-likeness (QED) is 0.651. The Kier molecular flexibility index (Phi) is 4.16. The van der Waals surface area contributed by atoms with Crippen molar-refractivity contribution < 1.29 is 4.92 Å². The van der Waals surface area contributed by atoms with E-state index >= 15 is 0 Å². The first kappa shape index (κ1) is 13.5. The predicted molar refractivity (Wildman–Crippen MR) is 75.6 cm³/mol. The largest absolute Gasteiger partial charge is 0.360 e. The van der Waals surface area contributed by atoms with Gasteiger partial charge in [0.05, 0.1) is 4.92 Å². The number of nitro groups is 1. The topological polar surface area (TPSA) is 73.0 Å². The number of thiophene rings is 1. The lowest BCUT2D eigenvalue weighted by molar-refractivity contribution is -0.384. The highest BCUT2D eigenvalue weighted by Gasteiger charge is 2.24. The number of rotatable bonds is 6. The summed E-state index contributed by atoms with van der Waals surface area (Å²) >= 11 is 1.61. The zero-order valence-electron chi connectivity index (χ0n) is 10.9. The van der Waals surface area contributed by atoms with Crippen LogP contribution in [0.15, 0.2) is 16.8 Å². The lowest BCUT2D eigenvalue weighted by atomic mass is 10.3. The number of nitrogens with one attached hydrogen (secondary N) is 1. The molecule has 0 aliphatic carbocycles. The number of aryl methyl sites for hydroxylation is 2. The summed E-state index contributed by atoms with van der Waals surface area (Å²) in [6, 6.07) is 2.00. The van der Waals surface area contributed by atoms with Crippen LogP contribution in [0.3, 0.4) is 0 Å². The van der Waals surface area contributed by atoms with Gasteiger partial charge in [0.25, 0.3) is 0 Å². The molecular weight excluding hydrogens is 264 g/mol. The molecule has 0 aliphatic heterocycles. The number of hydrogen-bond acceptors (Lipinski definition) is 5. The van der Waals surface area contributed by atoms with Crippen molar-refractivity contribution in [3.05, 3.63) is 38.2 Å². The minimum Gasteiger partial charge on any atom is -0.360 e. The Morgan fingerprint density at radius 1 is 1.58 bits per heavy atom. The molecule has 102 valence electrons. The molecule has 6 nitrogen and oxygen atoms in total. The minimum atomic E-state index is -0.371. The summed E-state index contributed by atoms with van der Waals surface area (Å²) in [6.07, 6.45) is 0.880. The molecule has 0 atom stereocenters. The number of aromatic nitrogens is 2. The zero-order chi connectivity index (χ0) is 13.8. The molecule has 7 heteroatoms. The molecule has 2 heterocycles. The fourth-order valence-electron chi connectivity index (χ4n) is 1.92. The highest BCUT2D eigenvalue weighted by Crippen LogP contribution is 2.28. The monoisotopic (exact) mass is 280 g/mol. The van der Waals surface area contributed by atoms with E-state index in [0.29, 0.717) is 24.6 Å². The van der Waals surface area contributed by atoms with Crippen LogP contribution in [0, 0.1) is 17.0 Å². The van der Waals surface area contributed by atoms with Crippen molar-refractivity contribution in [3.63, 3.8) is 0 Å². The molecule has 2 aromatic heterocycles. The molecule has 0 fully saturated rings. The molecule has 0 spiro atoms. The van der Waals surface area contributed by atoms with Crippen molar-refractivity contribution in [2.45, 2.75) is 33.4 Å². The molecule has 0 saturated heterocycles. The summed E-state index contributed by atoms with van der Waals surface area (Å²) in [5, 5.41) is 22.5. The average Bonchev–Trinajstić information content (AvgIpc) is 2.95. The van der Waals surface area contributed by atoms with Gasteiger partial charge in [-0.15, -0.1) is 0 Å². The smallest absolute Gasteiger partial charge is 0.333 e. The Bertz CT molecular complexity index is 563.